The van der Waals surface area contributed by atoms with Gasteiger partial charge in [0.2, 0.25) is 27.6 Å². The zero-order valence-electron chi connectivity index (χ0n) is 29.4. The Balaban J connectivity index is 2.33. The van der Waals surface area contributed by atoms with Gasteiger partial charge in [0.25, 0.3) is 5.91 Å². The van der Waals surface area contributed by atoms with Gasteiger partial charge in [-0.2, -0.15) is 0 Å². The molecule has 5 amide bonds. The number of nitrogens with zero attached hydrogens (tertiary/aromatic N) is 2. The molecule has 13 nitrogen and oxygen atoms in total. The highest BCUT2D eigenvalue weighted by Crippen LogP contribution is 2.65. The van der Waals surface area contributed by atoms with Crippen LogP contribution in [0, 0.1) is 28.1 Å². The number of carbonyl (C=O) groups excluding carboxylic acids is 5. The van der Waals surface area contributed by atoms with Gasteiger partial charge in [0.15, 0.2) is 0 Å². The van der Waals surface area contributed by atoms with Gasteiger partial charge in [0.05, 0.1) is 12.3 Å². The van der Waals surface area contributed by atoms with Gasteiger partial charge in [0, 0.05) is 32.7 Å². The second-order valence-corrected chi connectivity index (χ2v) is 17.6. The van der Waals surface area contributed by atoms with E-state index in [2.05, 4.69) is 27.8 Å². The minimum absolute atomic E-state index is 0.0277. The van der Waals surface area contributed by atoms with Gasteiger partial charge in [-0.05, 0) is 34.5 Å². The smallest absolute Gasteiger partial charge is 0.315 e. The Labute approximate surface area is 275 Å². The zero-order valence-corrected chi connectivity index (χ0v) is 30.3. The van der Waals surface area contributed by atoms with E-state index >= 15 is 0 Å². The number of ketones is 1. The quantitative estimate of drug-likeness (QED) is 0.161. The van der Waals surface area contributed by atoms with Gasteiger partial charge in [-0.1, -0.05) is 74.8 Å². The Kier molecular flexibility index (Phi) is 12.3. The summed E-state index contributed by atoms with van der Waals surface area (Å²) in [6.45, 7) is 20.9. The fraction of sp³-hybridized carbons (Fsp3) is 0.781. The molecule has 2 rings (SSSR count). The number of carbonyl (C=O) groups is 5. The Bertz CT molecular complexity index is 1300. The highest BCUT2D eigenvalue weighted by Gasteiger charge is 2.70. The van der Waals surface area contributed by atoms with Crippen molar-refractivity contribution in [1.82, 2.24) is 30.5 Å². The molecule has 4 N–H and O–H groups in total. The van der Waals surface area contributed by atoms with Crippen LogP contribution in [0.5, 0.6) is 0 Å². The first-order valence-electron chi connectivity index (χ1n) is 15.9. The van der Waals surface area contributed by atoms with Gasteiger partial charge >= 0.3 is 6.03 Å². The normalized spacial score (nSPS) is 22.6. The third-order valence-electron chi connectivity index (χ3n) is 9.35. The molecular formula is C32H56N6O7S. The molecule has 1 saturated heterocycles. The second kappa shape index (κ2) is 14.4. The van der Waals surface area contributed by atoms with Gasteiger partial charge in [0.1, 0.15) is 12.1 Å². The van der Waals surface area contributed by atoms with E-state index in [1.165, 1.54) is 18.0 Å². The Hall–Kier alpha value is -3.00. The fourth-order valence-corrected chi connectivity index (χ4v) is 6.53. The summed E-state index contributed by atoms with van der Waals surface area (Å²) in [7, 11) is -2.06. The SMILES string of the molecule is C=CCNC(=O)C(=O)C(CCC)NC(=O)[C@@H]1[C@@H]2[C@H](CN1C(=O)[C@@H](NC(=O)N[C@H](CN(C)S(C)(=O)=O)C(C)(C)C)C(C)(C)C)C2(C)C. The molecule has 262 valence electrons. The van der Waals surface area contributed by atoms with Gasteiger partial charge in [-0.3, -0.25) is 19.2 Å². The lowest BCUT2D eigenvalue weighted by Crippen LogP contribution is -2.62. The summed E-state index contributed by atoms with van der Waals surface area (Å²) >= 11 is 0. The van der Waals surface area contributed by atoms with Crippen LogP contribution in [-0.4, -0.2) is 104 Å². The van der Waals surface area contributed by atoms with Gasteiger partial charge in [-0.15, -0.1) is 6.58 Å². The van der Waals surface area contributed by atoms with Crippen molar-refractivity contribution in [1.29, 1.82) is 0 Å². The van der Waals surface area contributed by atoms with Crippen molar-refractivity contribution in [2.45, 2.75) is 99.3 Å². The van der Waals surface area contributed by atoms with Crippen LogP contribution in [0.15, 0.2) is 12.7 Å². The predicted molar refractivity (Wildman–Crippen MR) is 177 cm³/mol. The van der Waals surface area contributed by atoms with Crippen molar-refractivity contribution in [2.75, 3.05) is 32.9 Å². The molecule has 1 saturated carbocycles. The molecule has 1 aliphatic heterocycles. The third kappa shape index (κ3) is 9.30. The number of amides is 5. The minimum atomic E-state index is -3.50. The maximum absolute atomic E-state index is 14.3. The van der Waals surface area contributed by atoms with E-state index in [0.717, 1.165) is 10.6 Å². The summed E-state index contributed by atoms with van der Waals surface area (Å²) < 4.78 is 25.3. The summed E-state index contributed by atoms with van der Waals surface area (Å²) in [4.78, 5) is 68.4. The maximum Gasteiger partial charge on any atom is 0.315 e. The molecule has 2 fully saturated rings. The van der Waals surface area contributed by atoms with Crippen LogP contribution in [0.4, 0.5) is 4.79 Å². The highest BCUT2D eigenvalue weighted by atomic mass is 32.2. The average Bonchev–Trinajstić information content (AvgIpc) is 3.23. The molecule has 46 heavy (non-hydrogen) atoms. The number of sulfonamides is 1. The summed E-state index contributed by atoms with van der Waals surface area (Å²) in [6, 6.07) is -4.20. The Morgan fingerprint density at radius 2 is 1.61 bits per heavy atom. The molecule has 1 aliphatic carbocycles. The maximum atomic E-state index is 14.3. The van der Waals surface area contributed by atoms with Gasteiger partial charge in [-0.25, -0.2) is 17.5 Å². The largest absolute Gasteiger partial charge is 0.346 e. The van der Waals surface area contributed by atoms with Crippen molar-refractivity contribution in [3.05, 3.63) is 12.7 Å². The summed E-state index contributed by atoms with van der Waals surface area (Å²) in [5.41, 5.74) is -1.49. The number of likely N-dealkylation sites (N-methyl/N-ethyl adjacent to an activating group) is 1. The number of hydrogen-bond donors (Lipinski definition) is 4. The number of nitrogens with one attached hydrogen (secondary N) is 4. The summed E-state index contributed by atoms with van der Waals surface area (Å²) in [5, 5.41) is 10.9. The molecule has 1 heterocycles. The lowest BCUT2D eigenvalue weighted by atomic mass is 9.85. The monoisotopic (exact) mass is 668 g/mol. The minimum Gasteiger partial charge on any atom is -0.346 e. The highest BCUT2D eigenvalue weighted by molar-refractivity contribution is 7.88. The van der Waals surface area contributed by atoms with Crippen molar-refractivity contribution >= 4 is 39.6 Å². The molecule has 1 unspecified atom stereocenters. The van der Waals surface area contributed by atoms with Crippen LogP contribution in [-0.2, 0) is 29.2 Å². The van der Waals surface area contributed by atoms with Crippen LogP contribution in [0.3, 0.4) is 0 Å². The lowest BCUT2D eigenvalue weighted by molar-refractivity contribution is -0.145. The molecule has 0 radical (unpaired) electrons. The Morgan fingerprint density at radius 1 is 1.02 bits per heavy atom. The van der Waals surface area contributed by atoms with Crippen LogP contribution < -0.4 is 21.3 Å². The lowest BCUT2D eigenvalue weighted by Gasteiger charge is -2.39. The predicted octanol–water partition coefficient (Wildman–Crippen LogP) is 1.65. The zero-order chi connectivity index (χ0) is 35.6. The van der Waals surface area contributed by atoms with E-state index in [-0.39, 0.29) is 36.8 Å². The number of fused-ring (bicyclic) bond motifs is 1. The van der Waals surface area contributed by atoms with Crippen LogP contribution in [0.1, 0.15) is 75.2 Å². The average molecular weight is 669 g/mol. The van der Waals surface area contributed by atoms with E-state index in [9.17, 15) is 32.4 Å². The topological polar surface area (TPSA) is 174 Å². The van der Waals surface area contributed by atoms with Crippen LogP contribution in [0.25, 0.3) is 0 Å². The van der Waals surface area contributed by atoms with Crippen molar-refractivity contribution < 1.29 is 32.4 Å². The molecule has 2 aliphatic rings. The van der Waals surface area contributed by atoms with Crippen LogP contribution in [0.2, 0.25) is 0 Å². The molecule has 0 aromatic rings. The van der Waals surface area contributed by atoms with E-state index in [1.54, 1.807) is 0 Å². The van der Waals surface area contributed by atoms with E-state index in [4.69, 9.17) is 0 Å². The summed E-state index contributed by atoms with van der Waals surface area (Å²) in [6.07, 6.45) is 3.33. The number of urea groups is 1. The molecule has 0 aromatic heterocycles. The molecule has 0 bridgehead atoms. The summed E-state index contributed by atoms with van der Waals surface area (Å²) in [5.74, 6) is -2.64. The van der Waals surface area contributed by atoms with E-state index < -0.39 is 74.6 Å². The Morgan fingerprint density at radius 3 is 2.09 bits per heavy atom. The first-order valence-corrected chi connectivity index (χ1v) is 17.8. The van der Waals surface area contributed by atoms with Crippen LogP contribution >= 0.6 is 0 Å². The number of hydrogen-bond acceptors (Lipinski definition) is 7. The van der Waals surface area contributed by atoms with Crippen molar-refractivity contribution in [2.24, 2.45) is 28.1 Å². The molecule has 6 atom stereocenters. The third-order valence-corrected chi connectivity index (χ3v) is 10.6. The second-order valence-electron chi connectivity index (χ2n) is 15.5. The first kappa shape index (κ1) is 39.2. The molecule has 0 spiro atoms. The fourth-order valence-electron chi connectivity index (χ4n) is 6.11. The number of Topliss-reactive ketones (excluding diaryl/α,β-unsaturated/α-hetero) is 1. The number of likely N-dealkylation sites (tertiary alicyclic amines) is 1. The number of rotatable bonds is 14. The first-order chi connectivity index (χ1) is 20.9. The van der Waals surface area contributed by atoms with E-state index in [0.29, 0.717) is 13.0 Å². The molecule has 0 aromatic carbocycles. The van der Waals surface area contributed by atoms with Crippen molar-refractivity contribution in [3.63, 3.8) is 0 Å². The standard InChI is InChI=1S/C32H56N6O7S/c1-13-15-20(24(39)27(41)33-16-14-2)34-26(40)23-22-19(32(22,9)10)17-38(23)28(42)25(31(6,7)8)36-29(43)35-21(30(3,4)5)18-37(11)46(12,44)45/h14,19-23,25H,2,13,15-18H2,1,3-12H3,(H,33,41)(H,34,40)(H2,35,36,43)/t19-,20?,21+,22-,23-,25+/m0/s1. The van der Waals surface area contributed by atoms with E-state index in [1.807, 2.05) is 62.3 Å². The van der Waals surface area contributed by atoms with Gasteiger partial charge < -0.3 is 26.2 Å². The molecule has 14 heteroatoms. The number of piperidine rings is 1. The van der Waals surface area contributed by atoms with Crippen molar-refractivity contribution in [3.8, 4) is 0 Å². The molecular weight excluding hydrogens is 612 g/mol.